The topological polar surface area (TPSA) is 38.7 Å². The Balaban J connectivity index is 3.19. The van der Waals surface area contributed by atoms with Crippen LogP contribution in [0.25, 0.3) is 0 Å². The molecule has 3 nitrogen and oxygen atoms in total. The van der Waals surface area contributed by atoms with Gasteiger partial charge < -0.3 is 14.6 Å². The largest absolute Gasteiger partial charge is 0.394 e. The first-order valence-electron chi connectivity index (χ1n) is 12.6. The maximum atomic E-state index is 9.35. The van der Waals surface area contributed by atoms with Gasteiger partial charge in [0.1, 0.15) is 6.10 Å². The van der Waals surface area contributed by atoms with Gasteiger partial charge in [0.15, 0.2) is 0 Å². The Bertz CT molecular complexity index is 271. The van der Waals surface area contributed by atoms with Crippen molar-refractivity contribution in [1.29, 1.82) is 0 Å². The monoisotopic (exact) mass is 400 g/mol. The highest BCUT2D eigenvalue weighted by atomic mass is 16.5. The third-order valence-electron chi connectivity index (χ3n) is 5.50. The third kappa shape index (κ3) is 22.2. The minimum atomic E-state index is -0.145. The Kier molecular flexibility index (Phi) is 24.8. The van der Waals surface area contributed by atoms with Gasteiger partial charge in [0, 0.05) is 13.2 Å². The molecule has 0 saturated heterocycles. The second-order valence-electron chi connectivity index (χ2n) is 8.41. The molecule has 0 aliphatic heterocycles. The second kappa shape index (κ2) is 24.9. The first-order chi connectivity index (χ1) is 13.8. The number of ether oxygens (including phenoxy) is 2. The van der Waals surface area contributed by atoms with Gasteiger partial charge in [-0.2, -0.15) is 0 Å². The van der Waals surface area contributed by atoms with Gasteiger partial charge in [0.2, 0.25) is 0 Å². The SMILES string of the molecule is CCCCCCCCCCCCCCCCOCC(CO)OCCCCCC. The Morgan fingerprint density at radius 1 is 0.536 bits per heavy atom. The predicted molar refractivity (Wildman–Crippen MR) is 122 cm³/mol. The third-order valence-corrected chi connectivity index (χ3v) is 5.50. The van der Waals surface area contributed by atoms with Gasteiger partial charge in [-0.15, -0.1) is 0 Å². The Morgan fingerprint density at radius 3 is 1.39 bits per heavy atom. The normalized spacial score (nSPS) is 12.5. The molecule has 1 N–H and O–H groups in total. The molecule has 0 bridgehead atoms. The van der Waals surface area contributed by atoms with Crippen molar-refractivity contribution < 1.29 is 14.6 Å². The van der Waals surface area contributed by atoms with Crippen molar-refractivity contribution in [2.24, 2.45) is 0 Å². The van der Waals surface area contributed by atoms with Gasteiger partial charge in [-0.05, 0) is 12.8 Å². The van der Waals surface area contributed by atoms with Crippen LogP contribution in [0.5, 0.6) is 0 Å². The first kappa shape index (κ1) is 27.9. The van der Waals surface area contributed by atoms with E-state index >= 15 is 0 Å². The molecule has 0 aromatic carbocycles. The van der Waals surface area contributed by atoms with Gasteiger partial charge in [0.05, 0.1) is 13.2 Å². The van der Waals surface area contributed by atoms with E-state index in [2.05, 4.69) is 13.8 Å². The van der Waals surface area contributed by atoms with Crippen LogP contribution in [0.4, 0.5) is 0 Å². The van der Waals surface area contributed by atoms with Crippen LogP contribution in [0.15, 0.2) is 0 Å². The quantitative estimate of drug-likeness (QED) is 0.171. The highest BCUT2D eigenvalue weighted by molar-refractivity contribution is 4.55. The summed E-state index contributed by atoms with van der Waals surface area (Å²) in [6.07, 6.45) is 24.0. The standard InChI is InChI=1S/C25H52O3/c1-3-5-7-9-10-11-12-13-14-15-16-17-18-19-21-27-24-25(23-26)28-22-20-8-6-4-2/h25-26H,3-24H2,1-2H3. The molecule has 0 radical (unpaired) electrons. The lowest BCUT2D eigenvalue weighted by atomic mass is 10.0. The van der Waals surface area contributed by atoms with E-state index in [0.717, 1.165) is 26.1 Å². The highest BCUT2D eigenvalue weighted by Crippen LogP contribution is 2.13. The maximum Gasteiger partial charge on any atom is 0.104 e. The van der Waals surface area contributed by atoms with Crippen LogP contribution in [0.2, 0.25) is 0 Å². The lowest BCUT2D eigenvalue weighted by Gasteiger charge is -2.15. The molecule has 0 aliphatic rings. The van der Waals surface area contributed by atoms with Crippen molar-refractivity contribution >= 4 is 0 Å². The number of hydrogen-bond donors (Lipinski definition) is 1. The van der Waals surface area contributed by atoms with Gasteiger partial charge in [-0.3, -0.25) is 0 Å². The molecule has 0 aliphatic carbocycles. The summed E-state index contributed by atoms with van der Waals surface area (Å²) in [6, 6.07) is 0. The maximum absolute atomic E-state index is 9.35. The summed E-state index contributed by atoms with van der Waals surface area (Å²) in [5.74, 6) is 0. The molecule has 0 amide bonds. The first-order valence-corrected chi connectivity index (χ1v) is 12.6. The minimum absolute atomic E-state index is 0.0620. The smallest absolute Gasteiger partial charge is 0.104 e. The van der Waals surface area contributed by atoms with E-state index in [1.54, 1.807) is 0 Å². The van der Waals surface area contributed by atoms with Crippen molar-refractivity contribution in [3.63, 3.8) is 0 Å². The molecule has 0 heterocycles. The summed E-state index contributed by atoms with van der Waals surface area (Å²) in [6.45, 7) is 6.63. The van der Waals surface area contributed by atoms with Crippen LogP contribution in [0, 0.1) is 0 Å². The summed E-state index contributed by atoms with van der Waals surface area (Å²) in [4.78, 5) is 0. The zero-order valence-electron chi connectivity index (χ0n) is 19.4. The molecule has 0 fully saturated rings. The van der Waals surface area contributed by atoms with Crippen LogP contribution in [0.3, 0.4) is 0 Å². The van der Waals surface area contributed by atoms with Crippen LogP contribution in [0.1, 0.15) is 129 Å². The average Bonchev–Trinajstić information content (AvgIpc) is 2.71. The summed E-state index contributed by atoms with van der Waals surface area (Å²) in [5.41, 5.74) is 0. The Labute approximate surface area is 177 Å². The molecule has 0 aromatic heterocycles. The fraction of sp³-hybridized carbons (Fsp3) is 1.00. The molecule has 0 aromatic rings. The van der Waals surface area contributed by atoms with E-state index in [4.69, 9.17) is 9.47 Å². The Hall–Kier alpha value is -0.120. The van der Waals surface area contributed by atoms with Gasteiger partial charge >= 0.3 is 0 Å². The zero-order valence-corrected chi connectivity index (χ0v) is 19.4. The van der Waals surface area contributed by atoms with E-state index in [0.29, 0.717) is 6.61 Å². The lowest BCUT2D eigenvalue weighted by molar-refractivity contribution is -0.0437. The van der Waals surface area contributed by atoms with Crippen LogP contribution in [-0.4, -0.2) is 37.6 Å². The average molecular weight is 401 g/mol. The number of aliphatic hydroxyl groups is 1. The summed E-state index contributed by atoms with van der Waals surface area (Å²) >= 11 is 0. The van der Waals surface area contributed by atoms with Crippen LogP contribution in [-0.2, 0) is 9.47 Å². The van der Waals surface area contributed by atoms with Gasteiger partial charge in [0.25, 0.3) is 0 Å². The van der Waals surface area contributed by atoms with Gasteiger partial charge in [-0.25, -0.2) is 0 Å². The molecule has 170 valence electrons. The van der Waals surface area contributed by atoms with Crippen LogP contribution < -0.4 is 0 Å². The zero-order chi connectivity index (χ0) is 20.5. The number of aliphatic hydroxyl groups excluding tert-OH is 1. The van der Waals surface area contributed by atoms with E-state index in [9.17, 15) is 5.11 Å². The fourth-order valence-electron chi connectivity index (χ4n) is 3.55. The number of rotatable bonds is 24. The molecule has 28 heavy (non-hydrogen) atoms. The van der Waals surface area contributed by atoms with Crippen molar-refractivity contribution in [3.05, 3.63) is 0 Å². The van der Waals surface area contributed by atoms with Crippen molar-refractivity contribution in [2.75, 3.05) is 26.4 Å². The molecule has 3 heteroatoms. The molecule has 0 rings (SSSR count). The lowest BCUT2D eigenvalue weighted by Crippen LogP contribution is -2.24. The number of unbranched alkanes of at least 4 members (excludes halogenated alkanes) is 16. The summed E-state index contributed by atoms with van der Waals surface area (Å²) in [5, 5.41) is 9.35. The van der Waals surface area contributed by atoms with Crippen LogP contribution >= 0.6 is 0 Å². The summed E-state index contributed by atoms with van der Waals surface area (Å²) < 4.78 is 11.4. The minimum Gasteiger partial charge on any atom is -0.394 e. The molecule has 0 saturated carbocycles. The Morgan fingerprint density at radius 2 is 0.929 bits per heavy atom. The van der Waals surface area contributed by atoms with E-state index in [-0.39, 0.29) is 12.7 Å². The van der Waals surface area contributed by atoms with Gasteiger partial charge in [-0.1, -0.05) is 117 Å². The fourth-order valence-corrected chi connectivity index (χ4v) is 3.55. The van der Waals surface area contributed by atoms with E-state index < -0.39 is 0 Å². The highest BCUT2D eigenvalue weighted by Gasteiger charge is 2.07. The van der Waals surface area contributed by atoms with Crippen molar-refractivity contribution in [3.8, 4) is 0 Å². The molecule has 1 atom stereocenters. The summed E-state index contributed by atoms with van der Waals surface area (Å²) in [7, 11) is 0. The van der Waals surface area contributed by atoms with E-state index in [1.165, 1.54) is 103 Å². The molecule has 1 unspecified atom stereocenters. The second-order valence-corrected chi connectivity index (χ2v) is 8.41. The van der Waals surface area contributed by atoms with Crippen molar-refractivity contribution in [1.82, 2.24) is 0 Å². The predicted octanol–water partition coefficient (Wildman–Crippen LogP) is 7.44. The molecular formula is C25H52O3. The molecule has 0 spiro atoms. The molecular weight excluding hydrogens is 348 g/mol. The van der Waals surface area contributed by atoms with Crippen molar-refractivity contribution in [2.45, 2.75) is 136 Å². The number of hydrogen-bond acceptors (Lipinski definition) is 3. The van der Waals surface area contributed by atoms with E-state index in [1.807, 2.05) is 0 Å².